The number of rotatable bonds is 5. The number of nitrogens with zero attached hydrogens (tertiary/aromatic N) is 1. The first-order chi connectivity index (χ1) is 12.1. The molecule has 2 N–H and O–H groups in total. The number of ether oxygens (including phenoxy) is 1. The zero-order valence-corrected chi connectivity index (χ0v) is 15.3. The number of hydrogen-bond acceptors (Lipinski definition) is 4. The average Bonchev–Trinajstić information content (AvgIpc) is 3.13. The van der Waals surface area contributed by atoms with Gasteiger partial charge in [0.25, 0.3) is 0 Å². The van der Waals surface area contributed by atoms with Gasteiger partial charge < -0.3 is 4.74 Å². The van der Waals surface area contributed by atoms with Crippen LogP contribution in [0.3, 0.4) is 0 Å². The Kier molecular flexibility index (Phi) is 4.51. The number of nitriles is 1. The molecular weight excluding hydrogens is 355 g/mol. The zero-order valence-electron chi connectivity index (χ0n) is 14.4. The van der Waals surface area contributed by atoms with Crippen LogP contribution in [0, 0.1) is 28.5 Å². The summed E-state index contributed by atoms with van der Waals surface area (Å²) in [4.78, 5) is 0.0810. The standard InChI is InChI=1S/C19H19FN2O3S/c1-19(2)16(11-25-17-8-5-14(20)9-13(17)10-21)18(19)12-3-6-15(7-4-12)26(22,23)24/h3-9,16,18H,11H2,1-2H3,(H2,22,23,24)/t16-,18-/m1/s1. The van der Waals surface area contributed by atoms with E-state index in [-0.39, 0.29) is 27.7 Å². The number of primary sulfonamides is 1. The van der Waals surface area contributed by atoms with Crippen molar-refractivity contribution in [1.29, 1.82) is 5.26 Å². The fraction of sp³-hybridized carbons (Fsp3) is 0.316. The molecule has 1 saturated carbocycles. The largest absolute Gasteiger partial charge is 0.492 e. The Hall–Kier alpha value is -2.43. The van der Waals surface area contributed by atoms with E-state index >= 15 is 0 Å². The molecule has 2 atom stereocenters. The summed E-state index contributed by atoms with van der Waals surface area (Å²) in [7, 11) is -3.71. The van der Waals surface area contributed by atoms with Crippen LogP contribution in [0.25, 0.3) is 0 Å². The number of benzene rings is 2. The summed E-state index contributed by atoms with van der Waals surface area (Å²) in [5.41, 5.74) is 1.14. The molecule has 5 nitrogen and oxygen atoms in total. The van der Waals surface area contributed by atoms with Gasteiger partial charge in [-0.1, -0.05) is 26.0 Å². The van der Waals surface area contributed by atoms with Gasteiger partial charge in [-0.05, 0) is 47.2 Å². The second-order valence-electron chi connectivity index (χ2n) is 7.08. The van der Waals surface area contributed by atoms with Gasteiger partial charge in [-0.3, -0.25) is 0 Å². The molecule has 0 heterocycles. The van der Waals surface area contributed by atoms with Crippen LogP contribution in [0.15, 0.2) is 47.4 Å². The lowest BCUT2D eigenvalue weighted by Crippen LogP contribution is -2.11. The normalized spacial score (nSPS) is 21.0. The van der Waals surface area contributed by atoms with Crippen LogP contribution in [-0.2, 0) is 10.0 Å². The lowest BCUT2D eigenvalue weighted by atomic mass is 10.0. The molecule has 1 aliphatic rings. The summed E-state index contributed by atoms with van der Waals surface area (Å²) in [6.07, 6.45) is 0. The van der Waals surface area contributed by atoms with Crippen molar-refractivity contribution in [2.45, 2.75) is 24.7 Å². The first-order valence-electron chi connectivity index (χ1n) is 8.10. The minimum absolute atomic E-state index is 0.0318. The highest BCUT2D eigenvalue weighted by atomic mass is 32.2. The van der Waals surface area contributed by atoms with Crippen molar-refractivity contribution in [3.8, 4) is 11.8 Å². The molecule has 3 rings (SSSR count). The van der Waals surface area contributed by atoms with Crippen LogP contribution in [0.5, 0.6) is 5.75 Å². The maximum atomic E-state index is 13.2. The molecule has 26 heavy (non-hydrogen) atoms. The minimum atomic E-state index is -3.71. The lowest BCUT2D eigenvalue weighted by molar-refractivity contribution is 0.278. The van der Waals surface area contributed by atoms with Crippen molar-refractivity contribution in [3.05, 3.63) is 59.4 Å². The predicted octanol–water partition coefficient (Wildman–Crippen LogP) is 3.16. The smallest absolute Gasteiger partial charge is 0.238 e. The Labute approximate surface area is 152 Å². The maximum absolute atomic E-state index is 13.2. The SMILES string of the molecule is CC1(C)[C@H](COc2ccc(F)cc2C#N)[C@H]1c1ccc(S(N)(=O)=O)cc1. The second-order valence-corrected chi connectivity index (χ2v) is 8.64. The van der Waals surface area contributed by atoms with Crippen molar-refractivity contribution in [1.82, 2.24) is 0 Å². The number of nitrogens with two attached hydrogens (primary N) is 1. The van der Waals surface area contributed by atoms with Crippen molar-refractivity contribution in [3.63, 3.8) is 0 Å². The summed E-state index contributed by atoms with van der Waals surface area (Å²) in [6.45, 7) is 4.60. The molecule has 0 unspecified atom stereocenters. The van der Waals surface area contributed by atoms with Crippen LogP contribution in [0.1, 0.15) is 30.9 Å². The zero-order chi connectivity index (χ0) is 19.1. The Bertz CT molecular complexity index is 979. The van der Waals surface area contributed by atoms with Gasteiger partial charge in [0, 0.05) is 5.92 Å². The molecule has 0 saturated heterocycles. The van der Waals surface area contributed by atoms with E-state index < -0.39 is 15.8 Å². The van der Waals surface area contributed by atoms with Gasteiger partial charge in [0.15, 0.2) is 0 Å². The van der Waals surface area contributed by atoms with Gasteiger partial charge in [0.05, 0.1) is 17.1 Å². The van der Waals surface area contributed by atoms with Crippen molar-refractivity contribution in [2.75, 3.05) is 6.61 Å². The highest BCUT2D eigenvalue weighted by Gasteiger charge is 2.58. The Morgan fingerprint density at radius 1 is 1.23 bits per heavy atom. The van der Waals surface area contributed by atoms with Crippen molar-refractivity contribution in [2.24, 2.45) is 16.5 Å². The molecular formula is C19H19FN2O3S. The van der Waals surface area contributed by atoms with Crippen LogP contribution >= 0.6 is 0 Å². The van der Waals surface area contributed by atoms with E-state index in [1.165, 1.54) is 24.3 Å². The fourth-order valence-corrected chi connectivity index (χ4v) is 3.99. The van der Waals surface area contributed by atoms with E-state index in [1.54, 1.807) is 12.1 Å². The summed E-state index contributed by atoms with van der Waals surface area (Å²) in [5, 5.41) is 14.2. The highest BCUT2D eigenvalue weighted by Crippen LogP contribution is 2.64. The fourth-order valence-electron chi connectivity index (χ4n) is 3.48. The van der Waals surface area contributed by atoms with E-state index in [4.69, 9.17) is 15.1 Å². The van der Waals surface area contributed by atoms with Crippen molar-refractivity contribution < 1.29 is 17.5 Å². The summed E-state index contributed by atoms with van der Waals surface area (Å²) in [5.74, 6) is 0.274. The lowest BCUT2D eigenvalue weighted by Gasteiger charge is -2.08. The molecule has 0 radical (unpaired) electrons. The summed E-state index contributed by atoms with van der Waals surface area (Å²) < 4.78 is 41.7. The Morgan fingerprint density at radius 3 is 2.46 bits per heavy atom. The second kappa shape index (κ2) is 6.38. The van der Waals surface area contributed by atoms with Gasteiger partial charge in [-0.25, -0.2) is 17.9 Å². The van der Waals surface area contributed by atoms with E-state index in [2.05, 4.69) is 13.8 Å². The third-order valence-electron chi connectivity index (χ3n) is 5.10. The molecule has 2 aromatic carbocycles. The van der Waals surface area contributed by atoms with Crippen LogP contribution in [-0.4, -0.2) is 15.0 Å². The van der Waals surface area contributed by atoms with E-state index in [9.17, 15) is 12.8 Å². The highest BCUT2D eigenvalue weighted by molar-refractivity contribution is 7.89. The van der Waals surface area contributed by atoms with Gasteiger partial charge in [-0.2, -0.15) is 5.26 Å². The van der Waals surface area contributed by atoms with Gasteiger partial charge in [0.2, 0.25) is 10.0 Å². The van der Waals surface area contributed by atoms with Crippen LogP contribution in [0.4, 0.5) is 4.39 Å². The number of halogens is 1. The van der Waals surface area contributed by atoms with E-state index in [0.29, 0.717) is 12.4 Å². The van der Waals surface area contributed by atoms with Crippen molar-refractivity contribution >= 4 is 10.0 Å². The summed E-state index contributed by atoms with van der Waals surface area (Å²) in [6, 6.07) is 12.3. The monoisotopic (exact) mass is 374 g/mol. The topological polar surface area (TPSA) is 93.2 Å². The van der Waals surface area contributed by atoms with E-state index in [1.807, 2.05) is 6.07 Å². The molecule has 7 heteroatoms. The molecule has 0 aliphatic heterocycles. The Morgan fingerprint density at radius 2 is 1.88 bits per heavy atom. The quantitative estimate of drug-likeness (QED) is 0.870. The molecule has 136 valence electrons. The maximum Gasteiger partial charge on any atom is 0.238 e. The average molecular weight is 374 g/mol. The van der Waals surface area contributed by atoms with Gasteiger partial charge in [0.1, 0.15) is 17.6 Å². The number of hydrogen-bond donors (Lipinski definition) is 1. The predicted molar refractivity (Wildman–Crippen MR) is 94.4 cm³/mol. The first kappa shape index (κ1) is 18.4. The van der Waals surface area contributed by atoms with Gasteiger partial charge >= 0.3 is 0 Å². The first-order valence-corrected chi connectivity index (χ1v) is 9.64. The Balaban J connectivity index is 1.74. The van der Waals surface area contributed by atoms with Gasteiger partial charge in [-0.15, -0.1) is 0 Å². The molecule has 1 fully saturated rings. The van der Waals surface area contributed by atoms with E-state index in [0.717, 1.165) is 11.6 Å². The minimum Gasteiger partial charge on any atom is -0.492 e. The third kappa shape index (κ3) is 3.43. The molecule has 2 aromatic rings. The number of sulfonamides is 1. The molecule has 0 spiro atoms. The third-order valence-corrected chi connectivity index (χ3v) is 6.03. The molecule has 0 bridgehead atoms. The molecule has 0 amide bonds. The molecule has 0 aromatic heterocycles. The van der Waals surface area contributed by atoms with Crippen LogP contribution < -0.4 is 9.88 Å². The summed E-state index contributed by atoms with van der Waals surface area (Å²) >= 11 is 0. The molecule has 1 aliphatic carbocycles. The van der Waals surface area contributed by atoms with Crippen LogP contribution in [0.2, 0.25) is 0 Å².